The van der Waals surface area contributed by atoms with Crippen LogP contribution >= 0.6 is 22.6 Å². The van der Waals surface area contributed by atoms with Crippen molar-refractivity contribution in [2.24, 2.45) is 0 Å². The Kier molecular flexibility index (Phi) is 2.14. The van der Waals surface area contributed by atoms with Gasteiger partial charge >= 0.3 is 0 Å². The molecule has 0 saturated heterocycles. The second kappa shape index (κ2) is 3.20. The van der Waals surface area contributed by atoms with E-state index in [0.717, 1.165) is 9.13 Å². The van der Waals surface area contributed by atoms with E-state index in [4.69, 9.17) is 0 Å². The molecular weight excluding hydrogens is 293 g/mol. The quantitative estimate of drug-likeness (QED) is 0.635. The zero-order valence-electron chi connectivity index (χ0n) is 7.13. The fourth-order valence-corrected chi connectivity index (χ4v) is 2.13. The third kappa shape index (κ3) is 1.18. The number of carbonyl (C=O) groups excluding carboxylic acids is 2. The van der Waals surface area contributed by atoms with Crippen molar-refractivity contribution in [3.05, 3.63) is 39.0 Å². The molecule has 2 rings (SSSR count). The molecule has 2 amide bonds. The maximum absolute atomic E-state index is 11.4. The van der Waals surface area contributed by atoms with Crippen molar-refractivity contribution in [3.8, 4) is 0 Å². The smallest absolute Gasteiger partial charge is 0.259 e. The zero-order chi connectivity index (χ0) is 10.3. The lowest BCUT2D eigenvalue weighted by molar-refractivity contribution is 0.0879. The SMILES string of the molecule is C=Cc1c(I)ccc2c1C(=O)NC2=O. The summed E-state index contributed by atoms with van der Waals surface area (Å²) in [5.74, 6) is -0.664. The van der Waals surface area contributed by atoms with Gasteiger partial charge in [0.15, 0.2) is 0 Å². The van der Waals surface area contributed by atoms with Gasteiger partial charge in [-0.15, -0.1) is 0 Å². The maximum atomic E-state index is 11.4. The minimum atomic E-state index is -0.335. The Morgan fingerprint density at radius 3 is 2.64 bits per heavy atom. The van der Waals surface area contributed by atoms with Crippen LogP contribution in [0.5, 0.6) is 0 Å². The molecule has 0 saturated carbocycles. The maximum Gasteiger partial charge on any atom is 0.259 e. The van der Waals surface area contributed by atoms with Gasteiger partial charge in [-0.2, -0.15) is 0 Å². The highest BCUT2D eigenvalue weighted by atomic mass is 127. The van der Waals surface area contributed by atoms with Gasteiger partial charge in [-0.1, -0.05) is 12.7 Å². The lowest BCUT2D eigenvalue weighted by atomic mass is 10.0. The lowest BCUT2D eigenvalue weighted by Crippen LogP contribution is -2.20. The normalized spacial score (nSPS) is 13.8. The van der Waals surface area contributed by atoms with Gasteiger partial charge < -0.3 is 0 Å². The molecule has 1 aliphatic heterocycles. The number of halogens is 1. The molecule has 0 spiro atoms. The van der Waals surface area contributed by atoms with Crippen LogP contribution in [0.15, 0.2) is 18.7 Å². The van der Waals surface area contributed by atoms with E-state index in [1.807, 2.05) is 0 Å². The molecule has 70 valence electrons. The largest absolute Gasteiger partial charge is 0.288 e. The number of benzene rings is 1. The van der Waals surface area contributed by atoms with Crippen LogP contribution in [0.25, 0.3) is 6.08 Å². The van der Waals surface area contributed by atoms with Crippen molar-refractivity contribution in [1.82, 2.24) is 5.32 Å². The van der Waals surface area contributed by atoms with E-state index < -0.39 is 0 Å². The van der Waals surface area contributed by atoms with Gasteiger partial charge in [-0.05, 0) is 34.7 Å². The average Bonchev–Trinajstić information content (AvgIpc) is 2.43. The Morgan fingerprint density at radius 1 is 1.29 bits per heavy atom. The highest BCUT2D eigenvalue weighted by Crippen LogP contribution is 2.25. The van der Waals surface area contributed by atoms with E-state index in [1.165, 1.54) is 0 Å². The number of imide groups is 1. The molecule has 0 aromatic heterocycles. The molecule has 1 heterocycles. The van der Waals surface area contributed by atoms with Crippen LogP contribution in [0.1, 0.15) is 26.3 Å². The van der Waals surface area contributed by atoms with Gasteiger partial charge in [0.2, 0.25) is 0 Å². The Hall–Kier alpha value is -1.17. The van der Waals surface area contributed by atoms with Crippen molar-refractivity contribution in [3.63, 3.8) is 0 Å². The van der Waals surface area contributed by atoms with E-state index in [-0.39, 0.29) is 11.8 Å². The molecule has 0 radical (unpaired) electrons. The number of fused-ring (bicyclic) bond motifs is 1. The van der Waals surface area contributed by atoms with E-state index in [2.05, 4.69) is 34.5 Å². The summed E-state index contributed by atoms with van der Waals surface area (Å²) < 4.78 is 0.918. The number of nitrogens with one attached hydrogen (secondary N) is 1. The van der Waals surface area contributed by atoms with Gasteiger partial charge in [-0.3, -0.25) is 14.9 Å². The van der Waals surface area contributed by atoms with Gasteiger partial charge in [-0.25, -0.2) is 0 Å². The number of hydrogen-bond donors (Lipinski definition) is 1. The van der Waals surface area contributed by atoms with E-state index >= 15 is 0 Å². The fraction of sp³-hybridized carbons (Fsp3) is 0. The molecule has 1 aromatic carbocycles. The van der Waals surface area contributed by atoms with Gasteiger partial charge in [0.1, 0.15) is 0 Å². The van der Waals surface area contributed by atoms with Crippen LogP contribution in [0.4, 0.5) is 0 Å². The predicted octanol–water partition coefficient (Wildman–Crippen LogP) is 1.82. The van der Waals surface area contributed by atoms with Gasteiger partial charge in [0, 0.05) is 9.13 Å². The summed E-state index contributed by atoms with van der Waals surface area (Å²) in [5.41, 5.74) is 1.61. The summed E-state index contributed by atoms with van der Waals surface area (Å²) in [6.45, 7) is 3.63. The highest BCUT2D eigenvalue weighted by molar-refractivity contribution is 14.1. The third-order valence-corrected chi connectivity index (χ3v) is 3.04. The molecule has 0 aliphatic carbocycles. The van der Waals surface area contributed by atoms with Crippen molar-refractivity contribution in [2.45, 2.75) is 0 Å². The molecule has 0 bridgehead atoms. The first-order chi connectivity index (χ1) is 6.65. The minimum Gasteiger partial charge on any atom is -0.288 e. The Balaban J connectivity index is 2.81. The first kappa shape index (κ1) is 9.39. The molecule has 4 heteroatoms. The van der Waals surface area contributed by atoms with Crippen LogP contribution in [-0.4, -0.2) is 11.8 Å². The van der Waals surface area contributed by atoms with E-state index in [0.29, 0.717) is 11.1 Å². The summed E-state index contributed by atoms with van der Waals surface area (Å²) in [7, 11) is 0. The molecule has 1 aliphatic rings. The standard InChI is InChI=1S/C10H6INO2/c1-2-5-7(11)4-3-6-8(5)10(14)12-9(6)13/h2-4H,1H2,(H,12,13,14). The van der Waals surface area contributed by atoms with Crippen LogP contribution < -0.4 is 5.32 Å². The molecule has 0 fully saturated rings. The van der Waals surface area contributed by atoms with Gasteiger partial charge in [0.05, 0.1) is 11.1 Å². The highest BCUT2D eigenvalue weighted by Gasteiger charge is 2.29. The van der Waals surface area contributed by atoms with Crippen LogP contribution in [0.2, 0.25) is 0 Å². The number of rotatable bonds is 1. The molecule has 1 aromatic rings. The Bertz CT molecular complexity index is 465. The second-order valence-electron chi connectivity index (χ2n) is 2.87. The topological polar surface area (TPSA) is 46.2 Å². The van der Waals surface area contributed by atoms with Crippen molar-refractivity contribution in [1.29, 1.82) is 0 Å². The number of amides is 2. The third-order valence-electron chi connectivity index (χ3n) is 2.10. The van der Waals surface area contributed by atoms with Crippen molar-refractivity contribution >= 4 is 40.5 Å². The van der Waals surface area contributed by atoms with Crippen LogP contribution in [-0.2, 0) is 0 Å². The Morgan fingerprint density at radius 2 is 2.00 bits per heavy atom. The fourth-order valence-electron chi connectivity index (χ4n) is 1.46. The summed E-state index contributed by atoms with van der Waals surface area (Å²) in [4.78, 5) is 22.7. The molecule has 0 unspecified atom stereocenters. The molecule has 1 N–H and O–H groups in total. The van der Waals surface area contributed by atoms with Crippen LogP contribution in [0, 0.1) is 3.57 Å². The minimum absolute atomic E-state index is 0.329. The molecule has 0 atom stereocenters. The summed E-state index contributed by atoms with van der Waals surface area (Å²) in [6.07, 6.45) is 1.60. The predicted molar refractivity (Wildman–Crippen MR) is 61.0 cm³/mol. The molecular formula is C10H6INO2. The molecule has 14 heavy (non-hydrogen) atoms. The monoisotopic (exact) mass is 299 g/mol. The molecule has 3 nitrogen and oxygen atoms in total. The lowest BCUT2D eigenvalue weighted by Gasteiger charge is -2.02. The second-order valence-corrected chi connectivity index (χ2v) is 4.03. The average molecular weight is 299 g/mol. The summed E-state index contributed by atoms with van der Waals surface area (Å²) in [5, 5.41) is 2.26. The number of hydrogen-bond acceptors (Lipinski definition) is 2. The first-order valence-electron chi connectivity index (χ1n) is 3.95. The van der Waals surface area contributed by atoms with Crippen LogP contribution in [0.3, 0.4) is 0 Å². The summed E-state index contributed by atoms with van der Waals surface area (Å²) >= 11 is 2.11. The van der Waals surface area contributed by atoms with E-state index in [1.54, 1.807) is 18.2 Å². The van der Waals surface area contributed by atoms with Crippen molar-refractivity contribution < 1.29 is 9.59 Å². The first-order valence-corrected chi connectivity index (χ1v) is 5.03. The van der Waals surface area contributed by atoms with E-state index in [9.17, 15) is 9.59 Å². The Labute approximate surface area is 94.3 Å². The zero-order valence-corrected chi connectivity index (χ0v) is 9.29. The number of carbonyl (C=O) groups is 2. The summed E-state index contributed by atoms with van der Waals surface area (Å²) in [6, 6.07) is 3.46. The van der Waals surface area contributed by atoms with Crippen molar-refractivity contribution in [2.75, 3.05) is 0 Å². The van der Waals surface area contributed by atoms with Gasteiger partial charge in [0.25, 0.3) is 11.8 Å².